The number of hydrogen-bond donors (Lipinski definition) is 0. The Balaban J connectivity index is 1.68. The number of para-hydroxylation sites is 2. The molecule has 134 valence electrons. The molecule has 0 unspecified atom stereocenters. The van der Waals surface area contributed by atoms with Crippen LogP contribution in [0.5, 0.6) is 11.5 Å². The fourth-order valence-electron chi connectivity index (χ4n) is 2.99. The zero-order valence-corrected chi connectivity index (χ0v) is 15.4. The van der Waals surface area contributed by atoms with E-state index in [0.29, 0.717) is 18.1 Å². The van der Waals surface area contributed by atoms with E-state index in [1.807, 2.05) is 36.4 Å². The Kier molecular flexibility index (Phi) is 5.79. The number of phosphoric ester groups is 1. The molecule has 0 bridgehead atoms. The van der Waals surface area contributed by atoms with Crippen molar-refractivity contribution < 1.29 is 22.6 Å². The highest BCUT2D eigenvalue weighted by Gasteiger charge is 2.33. The highest BCUT2D eigenvalue weighted by atomic mass is 31.2. The first-order chi connectivity index (χ1) is 12.1. The largest absolute Gasteiger partial charge is 0.587 e. The Labute approximate surface area is 149 Å². The molecule has 1 aliphatic heterocycles. The Morgan fingerprint density at radius 1 is 0.880 bits per heavy atom. The highest BCUT2D eigenvalue weighted by Crippen LogP contribution is 2.49. The van der Waals surface area contributed by atoms with Gasteiger partial charge in [0.2, 0.25) is 0 Å². The molecule has 25 heavy (non-hydrogen) atoms. The minimum Gasteiger partial charge on any atom is -0.395 e. The first-order valence-corrected chi connectivity index (χ1v) is 10.1. The number of likely N-dealkylation sites (tertiary alicyclic amines) is 1. The van der Waals surface area contributed by atoms with Crippen LogP contribution in [-0.2, 0) is 9.09 Å². The second-order valence-corrected chi connectivity index (χ2v) is 8.10. The molecule has 1 aliphatic rings. The van der Waals surface area contributed by atoms with Gasteiger partial charge < -0.3 is 13.5 Å². The molecule has 0 aliphatic carbocycles. The van der Waals surface area contributed by atoms with Gasteiger partial charge in [-0.15, -0.1) is 0 Å². The van der Waals surface area contributed by atoms with Crippen molar-refractivity contribution in [3.63, 3.8) is 0 Å². The maximum Gasteiger partial charge on any atom is 0.587 e. The van der Waals surface area contributed by atoms with E-state index in [9.17, 15) is 4.57 Å². The summed E-state index contributed by atoms with van der Waals surface area (Å²) in [5.74, 6) is 0.923. The van der Waals surface area contributed by atoms with Gasteiger partial charge in [-0.25, -0.2) is 4.57 Å². The minimum absolute atomic E-state index is 0.327. The third-order valence-electron chi connectivity index (χ3n) is 4.45. The van der Waals surface area contributed by atoms with Gasteiger partial charge in [-0.05, 0) is 24.3 Å². The SMILES string of the molecule is C[N+]1(CCOP(=O)(Oc2ccccc2)Oc2ccccc2)CCCC1. The monoisotopic (exact) mass is 362 g/mol. The van der Waals surface area contributed by atoms with Crippen LogP contribution in [0, 0.1) is 0 Å². The summed E-state index contributed by atoms with van der Waals surface area (Å²) in [6.45, 7) is 3.38. The summed E-state index contributed by atoms with van der Waals surface area (Å²) < 4.78 is 31.0. The molecule has 0 amide bonds. The van der Waals surface area contributed by atoms with E-state index in [0.717, 1.165) is 24.1 Å². The highest BCUT2D eigenvalue weighted by molar-refractivity contribution is 7.49. The van der Waals surface area contributed by atoms with Gasteiger partial charge >= 0.3 is 7.82 Å². The zero-order valence-electron chi connectivity index (χ0n) is 14.5. The average molecular weight is 362 g/mol. The number of nitrogens with zero attached hydrogens (tertiary/aromatic N) is 1. The van der Waals surface area contributed by atoms with Crippen molar-refractivity contribution in [3.8, 4) is 11.5 Å². The predicted octanol–water partition coefficient (Wildman–Crippen LogP) is 4.51. The summed E-state index contributed by atoms with van der Waals surface area (Å²) in [5.41, 5.74) is 0. The van der Waals surface area contributed by atoms with E-state index >= 15 is 0 Å². The third-order valence-corrected chi connectivity index (χ3v) is 5.81. The fourth-order valence-corrected chi connectivity index (χ4v) is 4.20. The van der Waals surface area contributed by atoms with Crippen LogP contribution < -0.4 is 9.05 Å². The maximum atomic E-state index is 13.2. The van der Waals surface area contributed by atoms with Crippen LogP contribution in [0.15, 0.2) is 60.7 Å². The van der Waals surface area contributed by atoms with Crippen molar-refractivity contribution >= 4 is 7.82 Å². The second-order valence-electron chi connectivity index (χ2n) is 6.59. The van der Waals surface area contributed by atoms with Gasteiger partial charge in [0.1, 0.15) is 24.7 Å². The lowest BCUT2D eigenvalue weighted by Gasteiger charge is -2.29. The molecule has 6 heteroatoms. The normalized spacial score (nSPS) is 16.5. The van der Waals surface area contributed by atoms with Gasteiger partial charge in [-0.1, -0.05) is 36.4 Å². The van der Waals surface area contributed by atoms with Crippen LogP contribution in [0.3, 0.4) is 0 Å². The quantitative estimate of drug-likeness (QED) is 0.512. The van der Waals surface area contributed by atoms with Crippen LogP contribution in [0.2, 0.25) is 0 Å². The van der Waals surface area contributed by atoms with Gasteiger partial charge in [0, 0.05) is 12.8 Å². The van der Waals surface area contributed by atoms with Crippen molar-refractivity contribution in [1.29, 1.82) is 0 Å². The first-order valence-electron chi connectivity index (χ1n) is 8.64. The molecule has 1 fully saturated rings. The summed E-state index contributed by atoms with van der Waals surface area (Å²) in [5, 5.41) is 0. The van der Waals surface area contributed by atoms with E-state index in [2.05, 4.69) is 7.05 Å². The lowest BCUT2D eigenvalue weighted by molar-refractivity contribution is -0.897. The number of quaternary nitrogens is 1. The molecule has 2 aromatic rings. The van der Waals surface area contributed by atoms with Crippen LogP contribution in [-0.4, -0.2) is 37.8 Å². The summed E-state index contributed by atoms with van der Waals surface area (Å²) in [7, 11) is -1.55. The standard InChI is InChI=1S/C19H25NO4P/c1-20(14-8-9-15-20)16-17-22-25(21,23-18-10-4-2-5-11-18)24-19-12-6-3-7-13-19/h2-7,10-13H,8-9,14-17H2,1H3/q+1. The molecule has 0 N–H and O–H groups in total. The average Bonchev–Trinajstić information content (AvgIpc) is 3.03. The number of likely N-dealkylation sites (N-methyl/N-ethyl adjacent to an activating group) is 1. The Bertz CT molecular complexity index is 656. The van der Waals surface area contributed by atoms with Gasteiger partial charge in [0.15, 0.2) is 0 Å². The van der Waals surface area contributed by atoms with E-state index in [1.165, 1.54) is 12.8 Å². The van der Waals surface area contributed by atoms with Gasteiger partial charge in [0.25, 0.3) is 0 Å². The molecule has 2 aromatic carbocycles. The maximum absolute atomic E-state index is 13.2. The van der Waals surface area contributed by atoms with E-state index in [4.69, 9.17) is 13.6 Å². The molecule has 0 spiro atoms. The van der Waals surface area contributed by atoms with E-state index in [-0.39, 0.29) is 0 Å². The van der Waals surface area contributed by atoms with Crippen LogP contribution in [0.4, 0.5) is 0 Å². The zero-order chi connectivity index (χ0) is 17.6. The topological polar surface area (TPSA) is 44.8 Å². The van der Waals surface area contributed by atoms with Crippen molar-refractivity contribution in [2.24, 2.45) is 0 Å². The molecular weight excluding hydrogens is 337 g/mol. The van der Waals surface area contributed by atoms with E-state index in [1.54, 1.807) is 24.3 Å². The smallest absolute Gasteiger partial charge is 0.395 e. The minimum atomic E-state index is -3.76. The van der Waals surface area contributed by atoms with Gasteiger partial charge in [-0.2, -0.15) is 0 Å². The molecule has 5 nitrogen and oxygen atoms in total. The van der Waals surface area contributed by atoms with Crippen LogP contribution >= 0.6 is 7.82 Å². The third kappa shape index (κ3) is 5.33. The molecular formula is C19H25NO4P+. The van der Waals surface area contributed by atoms with Crippen molar-refractivity contribution in [2.45, 2.75) is 12.8 Å². The van der Waals surface area contributed by atoms with Crippen molar-refractivity contribution in [3.05, 3.63) is 60.7 Å². The second kappa shape index (κ2) is 8.05. The Morgan fingerprint density at radius 2 is 1.36 bits per heavy atom. The molecule has 0 saturated carbocycles. The number of benzene rings is 2. The Morgan fingerprint density at radius 3 is 1.84 bits per heavy atom. The van der Waals surface area contributed by atoms with Gasteiger partial charge in [0.05, 0.1) is 20.1 Å². The summed E-state index contributed by atoms with van der Waals surface area (Å²) >= 11 is 0. The molecule has 0 aromatic heterocycles. The molecule has 0 radical (unpaired) electrons. The van der Waals surface area contributed by atoms with Crippen molar-refractivity contribution in [2.75, 3.05) is 33.3 Å². The van der Waals surface area contributed by atoms with Crippen molar-refractivity contribution in [1.82, 2.24) is 0 Å². The lowest BCUT2D eigenvalue weighted by Crippen LogP contribution is -2.43. The van der Waals surface area contributed by atoms with E-state index < -0.39 is 7.82 Å². The van der Waals surface area contributed by atoms with Crippen LogP contribution in [0.25, 0.3) is 0 Å². The first kappa shape index (κ1) is 18.0. The number of hydrogen-bond acceptors (Lipinski definition) is 4. The molecule has 3 rings (SSSR count). The number of phosphoric acid groups is 1. The molecule has 0 atom stereocenters. The summed E-state index contributed by atoms with van der Waals surface area (Å²) in [6.07, 6.45) is 2.46. The predicted molar refractivity (Wildman–Crippen MR) is 97.7 cm³/mol. The fraction of sp³-hybridized carbons (Fsp3) is 0.368. The van der Waals surface area contributed by atoms with Crippen LogP contribution in [0.1, 0.15) is 12.8 Å². The number of rotatable bonds is 8. The molecule has 1 heterocycles. The lowest BCUT2D eigenvalue weighted by atomic mass is 10.3. The summed E-state index contributed by atoms with van der Waals surface area (Å²) in [4.78, 5) is 0. The Hall–Kier alpha value is -1.81. The van der Waals surface area contributed by atoms with Gasteiger partial charge in [-0.3, -0.25) is 4.52 Å². The molecule has 1 saturated heterocycles. The summed E-state index contributed by atoms with van der Waals surface area (Å²) in [6, 6.07) is 18.0.